The van der Waals surface area contributed by atoms with E-state index in [2.05, 4.69) is 4.98 Å². The van der Waals surface area contributed by atoms with Gasteiger partial charge in [-0.05, 0) is 13.3 Å². The number of nitrogens with two attached hydrogens (primary N) is 1. The number of sulfone groups is 1. The molecule has 0 aliphatic carbocycles. The van der Waals surface area contributed by atoms with Crippen LogP contribution in [-0.2, 0) is 20.1 Å². The largest absolute Gasteiger partial charge is 0.379 e. The van der Waals surface area contributed by atoms with Gasteiger partial charge in [-0.15, -0.1) is 11.3 Å². The lowest BCUT2D eigenvalue weighted by molar-refractivity contribution is 0.177. The van der Waals surface area contributed by atoms with Gasteiger partial charge in [-0.25, -0.2) is 13.4 Å². The minimum Gasteiger partial charge on any atom is -0.379 e. The van der Waals surface area contributed by atoms with Crippen LogP contribution in [0, 0.1) is 0 Å². The van der Waals surface area contributed by atoms with Gasteiger partial charge in [-0.3, -0.25) is 0 Å². The molecule has 5 nitrogen and oxygen atoms in total. The van der Waals surface area contributed by atoms with Crippen LogP contribution < -0.4 is 5.73 Å². The van der Waals surface area contributed by atoms with Crippen molar-refractivity contribution < 1.29 is 13.2 Å². The highest BCUT2D eigenvalue weighted by Crippen LogP contribution is 2.32. The maximum atomic E-state index is 11.5. The van der Waals surface area contributed by atoms with Crippen LogP contribution in [0.2, 0.25) is 0 Å². The van der Waals surface area contributed by atoms with Crippen molar-refractivity contribution in [1.82, 2.24) is 4.98 Å². The van der Waals surface area contributed by atoms with E-state index in [9.17, 15) is 8.42 Å². The van der Waals surface area contributed by atoms with E-state index >= 15 is 0 Å². The Morgan fingerprint density at radius 3 is 2.88 bits per heavy atom. The molecule has 0 bridgehead atoms. The first-order valence-corrected chi connectivity index (χ1v) is 8.18. The van der Waals surface area contributed by atoms with Crippen LogP contribution in [0.4, 0.5) is 0 Å². The van der Waals surface area contributed by atoms with Crippen molar-refractivity contribution >= 4 is 21.2 Å². The Labute approximate surface area is 105 Å². The third kappa shape index (κ3) is 2.52. The SMILES string of the molecule is CC(c1nc(C2(N)CCOC2)cs1)S(C)(=O)=O. The molecule has 0 amide bonds. The van der Waals surface area contributed by atoms with Crippen LogP contribution in [0.1, 0.15) is 29.3 Å². The fourth-order valence-corrected chi connectivity index (χ4v) is 3.64. The summed E-state index contributed by atoms with van der Waals surface area (Å²) in [4.78, 5) is 4.36. The van der Waals surface area contributed by atoms with Gasteiger partial charge in [0.15, 0.2) is 9.84 Å². The van der Waals surface area contributed by atoms with Gasteiger partial charge in [0.2, 0.25) is 0 Å². The molecule has 2 atom stereocenters. The number of rotatable bonds is 3. The number of aromatic nitrogens is 1. The summed E-state index contributed by atoms with van der Waals surface area (Å²) in [6.07, 6.45) is 1.94. The maximum absolute atomic E-state index is 11.5. The molecule has 1 aromatic heterocycles. The van der Waals surface area contributed by atoms with Crippen molar-refractivity contribution in [3.63, 3.8) is 0 Å². The fourth-order valence-electron chi connectivity index (χ4n) is 1.67. The highest BCUT2D eigenvalue weighted by molar-refractivity contribution is 7.91. The zero-order valence-electron chi connectivity index (χ0n) is 9.84. The Morgan fingerprint density at radius 2 is 2.35 bits per heavy atom. The summed E-state index contributed by atoms with van der Waals surface area (Å²) in [5.74, 6) is 0. The van der Waals surface area contributed by atoms with E-state index in [4.69, 9.17) is 10.5 Å². The molecule has 96 valence electrons. The molecule has 17 heavy (non-hydrogen) atoms. The minimum atomic E-state index is -3.11. The molecule has 0 aromatic carbocycles. The Morgan fingerprint density at radius 1 is 1.65 bits per heavy atom. The number of ether oxygens (including phenoxy) is 1. The molecule has 2 rings (SSSR count). The van der Waals surface area contributed by atoms with Crippen molar-refractivity contribution in [1.29, 1.82) is 0 Å². The van der Waals surface area contributed by atoms with Crippen molar-refractivity contribution in [3.8, 4) is 0 Å². The van der Waals surface area contributed by atoms with Crippen molar-refractivity contribution in [2.75, 3.05) is 19.5 Å². The van der Waals surface area contributed by atoms with Crippen LogP contribution in [0.3, 0.4) is 0 Å². The lowest BCUT2D eigenvalue weighted by Crippen LogP contribution is -2.37. The summed E-state index contributed by atoms with van der Waals surface area (Å²) in [7, 11) is -3.11. The molecule has 2 heterocycles. The summed E-state index contributed by atoms with van der Waals surface area (Å²) in [6.45, 7) is 2.72. The number of nitrogens with zero attached hydrogens (tertiary/aromatic N) is 1. The van der Waals surface area contributed by atoms with Crippen molar-refractivity contribution in [2.24, 2.45) is 5.73 Å². The Balaban J connectivity index is 2.27. The summed E-state index contributed by atoms with van der Waals surface area (Å²) < 4.78 is 28.2. The molecule has 1 saturated heterocycles. The molecular formula is C10H16N2O3S2. The molecule has 7 heteroatoms. The van der Waals surface area contributed by atoms with Gasteiger partial charge >= 0.3 is 0 Å². The van der Waals surface area contributed by atoms with E-state index in [0.717, 1.165) is 12.1 Å². The smallest absolute Gasteiger partial charge is 0.156 e. The molecule has 2 N–H and O–H groups in total. The lowest BCUT2D eigenvalue weighted by Gasteiger charge is -2.18. The van der Waals surface area contributed by atoms with Crippen LogP contribution >= 0.6 is 11.3 Å². The van der Waals surface area contributed by atoms with Crippen LogP contribution in [0.25, 0.3) is 0 Å². The van der Waals surface area contributed by atoms with Gasteiger partial charge in [-0.1, -0.05) is 0 Å². The van der Waals surface area contributed by atoms with E-state index in [1.807, 2.05) is 5.38 Å². The van der Waals surface area contributed by atoms with Gasteiger partial charge in [0.05, 0.1) is 17.8 Å². The second kappa shape index (κ2) is 4.31. The Bertz CT molecular complexity index is 503. The van der Waals surface area contributed by atoms with E-state index in [0.29, 0.717) is 18.2 Å². The highest BCUT2D eigenvalue weighted by Gasteiger charge is 2.35. The normalized spacial score (nSPS) is 27.2. The van der Waals surface area contributed by atoms with Gasteiger partial charge in [0, 0.05) is 18.2 Å². The van der Waals surface area contributed by atoms with E-state index in [1.54, 1.807) is 6.92 Å². The molecule has 0 saturated carbocycles. The molecule has 0 spiro atoms. The monoisotopic (exact) mass is 276 g/mol. The van der Waals surface area contributed by atoms with E-state index in [-0.39, 0.29) is 0 Å². The lowest BCUT2D eigenvalue weighted by atomic mass is 9.97. The van der Waals surface area contributed by atoms with Crippen LogP contribution in [0.5, 0.6) is 0 Å². The Hall–Kier alpha value is -0.500. The minimum absolute atomic E-state index is 0.448. The van der Waals surface area contributed by atoms with Crippen LogP contribution in [-0.4, -0.2) is 32.9 Å². The van der Waals surface area contributed by atoms with Gasteiger partial charge in [-0.2, -0.15) is 0 Å². The predicted molar refractivity (Wildman–Crippen MR) is 66.7 cm³/mol. The second-order valence-corrected chi connectivity index (χ2v) is 7.76. The number of thiazole rings is 1. The van der Waals surface area contributed by atoms with E-state index < -0.39 is 20.6 Å². The maximum Gasteiger partial charge on any atom is 0.156 e. The van der Waals surface area contributed by atoms with E-state index in [1.165, 1.54) is 17.6 Å². The van der Waals surface area contributed by atoms with Crippen molar-refractivity contribution in [3.05, 3.63) is 16.1 Å². The summed E-state index contributed by atoms with van der Waals surface area (Å²) in [5.41, 5.74) is 6.36. The van der Waals surface area contributed by atoms with Gasteiger partial charge in [0.25, 0.3) is 0 Å². The molecule has 1 aromatic rings. The number of hydrogen-bond donors (Lipinski definition) is 1. The van der Waals surface area contributed by atoms with Gasteiger partial charge in [0.1, 0.15) is 10.3 Å². The standard InChI is InChI=1S/C10H16N2O3S2/c1-7(17(2,13)14)9-12-8(5-16-9)10(11)3-4-15-6-10/h5,7H,3-4,6,11H2,1-2H3. The average Bonchev–Trinajstić information content (AvgIpc) is 2.84. The molecule has 2 unspecified atom stereocenters. The van der Waals surface area contributed by atoms with Gasteiger partial charge < -0.3 is 10.5 Å². The summed E-state index contributed by atoms with van der Waals surface area (Å²) >= 11 is 1.34. The zero-order valence-corrected chi connectivity index (χ0v) is 11.5. The first kappa shape index (κ1) is 12.9. The molecule has 1 fully saturated rings. The zero-order chi connectivity index (χ0) is 12.7. The molecular weight excluding hydrogens is 260 g/mol. The second-order valence-electron chi connectivity index (χ2n) is 4.50. The average molecular weight is 276 g/mol. The first-order valence-electron chi connectivity index (χ1n) is 5.34. The number of hydrogen-bond acceptors (Lipinski definition) is 6. The van der Waals surface area contributed by atoms with Crippen molar-refractivity contribution in [2.45, 2.75) is 24.1 Å². The summed E-state index contributed by atoms with van der Waals surface area (Å²) in [5, 5.41) is 1.86. The Kier molecular flexibility index (Phi) is 3.28. The quantitative estimate of drug-likeness (QED) is 0.884. The summed E-state index contributed by atoms with van der Waals surface area (Å²) in [6, 6.07) is 0. The third-order valence-electron chi connectivity index (χ3n) is 3.07. The van der Waals surface area contributed by atoms with Crippen LogP contribution in [0.15, 0.2) is 5.38 Å². The highest BCUT2D eigenvalue weighted by atomic mass is 32.2. The molecule has 1 aliphatic rings. The fraction of sp³-hybridized carbons (Fsp3) is 0.700. The molecule has 1 aliphatic heterocycles. The first-order chi connectivity index (χ1) is 7.83. The topological polar surface area (TPSA) is 82.3 Å². The third-order valence-corrected chi connectivity index (χ3v) is 5.76. The predicted octanol–water partition coefficient (Wildman–Crippen LogP) is 0.823. The molecule has 0 radical (unpaired) electrons.